The van der Waals surface area contributed by atoms with Crippen LogP contribution in [0.3, 0.4) is 0 Å². The normalized spacial score (nSPS) is 17.8. The number of carboxylic acid groups (broad SMARTS) is 1. The van der Waals surface area contributed by atoms with Crippen LogP contribution in [0.2, 0.25) is 0 Å². The number of hydrogen-bond acceptors (Lipinski definition) is 16. The van der Waals surface area contributed by atoms with Crippen molar-refractivity contribution in [3.8, 4) is 28.7 Å². The van der Waals surface area contributed by atoms with Crippen molar-refractivity contribution in [2.75, 3.05) is 100 Å². The number of nitrogens with zero attached hydrogens (tertiary/aromatic N) is 6. The van der Waals surface area contributed by atoms with Gasteiger partial charge in [0, 0.05) is 69.9 Å². The molecular formula is C53H66N6O14. The van der Waals surface area contributed by atoms with E-state index in [9.17, 15) is 24.3 Å². The number of fused-ring (bicyclic) bond motifs is 4. The van der Waals surface area contributed by atoms with E-state index in [2.05, 4.69) is 0 Å². The van der Waals surface area contributed by atoms with Crippen LogP contribution in [0.25, 0.3) is 0 Å². The molecule has 7 rings (SSSR count). The second-order valence-electron chi connectivity index (χ2n) is 17.6. The molecule has 2 atom stereocenters. The quantitative estimate of drug-likeness (QED) is 0.0635. The predicted molar refractivity (Wildman–Crippen MR) is 269 cm³/mol. The summed E-state index contributed by atoms with van der Waals surface area (Å²) >= 11 is 0. The third-order valence-electron chi connectivity index (χ3n) is 12.7. The molecule has 2 aromatic carbocycles. The fraction of sp³-hybridized carbons (Fsp3) is 0.491. The van der Waals surface area contributed by atoms with Gasteiger partial charge in [-0.15, -0.1) is 0 Å². The van der Waals surface area contributed by atoms with Crippen molar-refractivity contribution in [1.29, 1.82) is 0 Å². The Morgan fingerprint density at radius 3 is 1.63 bits per heavy atom. The molecule has 20 nitrogen and oxygen atoms in total. The van der Waals surface area contributed by atoms with Gasteiger partial charge in [0.1, 0.15) is 25.6 Å². The second kappa shape index (κ2) is 26.7. The molecule has 3 amide bonds. The maximum absolute atomic E-state index is 13.7. The van der Waals surface area contributed by atoms with E-state index in [1.807, 2.05) is 35.8 Å². The number of pyridine rings is 1. The standard InChI is InChI=1S/C53H66N6O14/c1-6-35-21-39-29-54-44-27-48(46(66-4)25-42(44)52(63)58(39)31-35)72-33-37-23-41(71-14-12-57(11-8-9-51(61)62)50(60)10-13-68-17-18-70-20-19-69-16-15-65-3)24-38(56-37)34-73-49-28-45-43(26-47(49)67-5)53(64)59-32-36(7-2)22-40(59)30-55-45/h6-7,23-30,39-40H,8-22,31-34H2,1-5H3,(H,61,62). The van der Waals surface area contributed by atoms with Gasteiger partial charge in [-0.2, -0.15) is 0 Å². The molecular weight excluding hydrogens is 945 g/mol. The highest BCUT2D eigenvalue weighted by atomic mass is 16.6. The van der Waals surface area contributed by atoms with Crippen molar-refractivity contribution in [2.45, 2.75) is 71.2 Å². The van der Waals surface area contributed by atoms with Gasteiger partial charge >= 0.3 is 5.97 Å². The molecule has 1 aromatic heterocycles. The number of aliphatic carboxylic acids is 1. The Morgan fingerprint density at radius 1 is 0.644 bits per heavy atom. The highest BCUT2D eigenvalue weighted by Gasteiger charge is 2.36. The van der Waals surface area contributed by atoms with Crippen molar-refractivity contribution < 1.29 is 66.9 Å². The minimum absolute atomic E-state index is 0.0566. The molecule has 73 heavy (non-hydrogen) atoms. The first kappa shape index (κ1) is 53.9. The fourth-order valence-electron chi connectivity index (χ4n) is 8.74. The minimum atomic E-state index is -0.959. The lowest BCUT2D eigenvalue weighted by molar-refractivity contribution is -0.138. The Bertz CT molecular complexity index is 2430. The number of hydrogen-bond donors (Lipinski definition) is 1. The molecule has 2 fully saturated rings. The van der Waals surface area contributed by atoms with Crippen molar-refractivity contribution in [1.82, 2.24) is 19.7 Å². The Balaban J connectivity index is 1.06. The van der Waals surface area contributed by atoms with Gasteiger partial charge in [-0.05, 0) is 45.2 Å². The van der Waals surface area contributed by atoms with E-state index in [1.165, 1.54) is 25.4 Å². The Morgan fingerprint density at radius 2 is 1.15 bits per heavy atom. The molecule has 1 N–H and O–H groups in total. The Kier molecular flexibility index (Phi) is 19.7. The first-order valence-electron chi connectivity index (χ1n) is 24.5. The van der Waals surface area contributed by atoms with Gasteiger partial charge in [0.2, 0.25) is 5.91 Å². The van der Waals surface area contributed by atoms with Crippen LogP contribution < -0.4 is 23.7 Å². The SMILES string of the molecule is CC=C1CC2C=Nc3cc(OCc4cc(OCCN(CCCC(=O)O)C(=O)CCOCCOCCOCCOC)cc(COc5cc6c(cc5OC)C(=O)N5CC(=CC)CC5C=N6)n4)c(OC)cc3C(=O)N2C1. The van der Waals surface area contributed by atoms with Gasteiger partial charge in [0.25, 0.3) is 11.8 Å². The Hall–Kier alpha value is -6.87. The zero-order valence-corrected chi connectivity index (χ0v) is 42.3. The first-order valence-corrected chi connectivity index (χ1v) is 24.5. The van der Waals surface area contributed by atoms with E-state index in [0.29, 0.717) is 115 Å². The number of carboxylic acids is 1. The van der Waals surface area contributed by atoms with Gasteiger partial charge in [-0.25, -0.2) is 0 Å². The molecule has 0 aliphatic carbocycles. The summed E-state index contributed by atoms with van der Waals surface area (Å²) in [5.41, 5.74) is 4.98. The van der Waals surface area contributed by atoms with Crippen molar-refractivity contribution in [3.63, 3.8) is 0 Å². The lowest BCUT2D eigenvalue weighted by Gasteiger charge is -2.23. The third kappa shape index (κ3) is 14.4. The number of benzene rings is 2. The highest BCUT2D eigenvalue weighted by Crippen LogP contribution is 2.41. The molecule has 392 valence electrons. The van der Waals surface area contributed by atoms with E-state index in [1.54, 1.807) is 60.8 Å². The van der Waals surface area contributed by atoms with Crippen LogP contribution >= 0.6 is 0 Å². The van der Waals surface area contributed by atoms with E-state index in [-0.39, 0.29) is 88.6 Å². The summed E-state index contributed by atoms with van der Waals surface area (Å²) in [6.07, 6.45) is 9.34. The first-order chi connectivity index (χ1) is 35.5. The number of carbonyl (C=O) groups excluding carboxylic acids is 3. The Labute approximate surface area is 425 Å². The maximum Gasteiger partial charge on any atom is 0.303 e. The average Bonchev–Trinajstić information content (AvgIpc) is 3.97. The summed E-state index contributed by atoms with van der Waals surface area (Å²) in [7, 11) is 4.61. The van der Waals surface area contributed by atoms with Crippen molar-refractivity contribution in [2.24, 2.45) is 9.98 Å². The van der Waals surface area contributed by atoms with E-state index < -0.39 is 5.97 Å². The minimum Gasteiger partial charge on any atom is -0.493 e. The van der Waals surface area contributed by atoms with Gasteiger partial charge in [-0.1, -0.05) is 23.3 Å². The number of aliphatic imine (C=N–C) groups is 2. The molecule has 4 aliphatic rings. The molecule has 2 unspecified atom stereocenters. The second-order valence-corrected chi connectivity index (χ2v) is 17.6. The van der Waals surface area contributed by atoms with Crippen LogP contribution in [0.5, 0.6) is 28.7 Å². The third-order valence-corrected chi connectivity index (χ3v) is 12.7. The summed E-state index contributed by atoms with van der Waals surface area (Å²) in [6.45, 7) is 7.92. The number of methoxy groups -OCH3 is 3. The molecule has 2 saturated heterocycles. The molecule has 0 spiro atoms. The molecule has 0 radical (unpaired) electrons. The summed E-state index contributed by atoms with van der Waals surface area (Å²) in [5.74, 6) is 0.303. The largest absolute Gasteiger partial charge is 0.493 e. The smallest absolute Gasteiger partial charge is 0.303 e. The van der Waals surface area contributed by atoms with Crippen LogP contribution in [0.1, 0.15) is 78.1 Å². The topological polar surface area (TPSA) is 219 Å². The monoisotopic (exact) mass is 1010 g/mol. The summed E-state index contributed by atoms with van der Waals surface area (Å²) < 4.78 is 52.0. The van der Waals surface area contributed by atoms with Crippen LogP contribution in [-0.4, -0.2) is 173 Å². The number of ether oxygens (including phenoxy) is 9. The number of rotatable bonds is 28. The van der Waals surface area contributed by atoms with Gasteiger partial charge < -0.3 is 62.4 Å². The maximum atomic E-state index is 13.7. The van der Waals surface area contributed by atoms with Gasteiger partial charge in [-0.3, -0.25) is 34.1 Å². The van der Waals surface area contributed by atoms with Crippen molar-refractivity contribution >= 4 is 47.5 Å². The fourth-order valence-corrected chi connectivity index (χ4v) is 8.74. The van der Waals surface area contributed by atoms with Crippen LogP contribution in [0.4, 0.5) is 11.4 Å². The lowest BCUT2D eigenvalue weighted by Crippen LogP contribution is -2.36. The number of aromatic nitrogens is 1. The molecule has 3 aromatic rings. The predicted octanol–water partition coefficient (Wildman–Crippen LogP) is 6.17. The van der Waals surface area contributed by atoms with Crippen LogP contribution in [0, 0.1) is 0 Å². The molecule has 4 aliphatic heterocycles. The molecule has 20 heteroatoms. The molecule has 0 saturated carbocycles. The number of allylic oxidation sites excluding steroid dienone is 2. The average molecular weight is 1010 g/mol. The molecule has 0 bridgehead atoms. The van der Waals surface area contributed by atoms with Crippen LogP contribution in [-0.2, 0) is 41.8 Å². The lowest BCUT2D eigenvalue weighted by atomic mass is 10.1. The van der Waals surface area contributed by atoms with E-state index >= 15 is 0 Å². The summed E-state index contributed by atoms with van der Waals surface area (Å²) in [5, 5.41) is 9.33. The zero-order chi connectivity index (χ0) is 51.7. The van der Waals surface area contributed by atoms with Crippen LogP contribution in [0.15, 0.2) is 69.7 Å². The zero-order valence-electron chi connectivity index (χ0n) is 42.3. The summed E-state index contributed by atoms with van der Waals surface area (Å²) in [6, 6.07) is 9.78. The van der Waals surface area contributed by atoms with Gasteiger partial charge in [0.15, 0.2) is 23.0 Å². The molecule has 5 heterocycles. The van der Waals surface area contributed by atoms with Gasteiger partial charge in [0.05, 0.1) is 119 Å². The highest BCUT2D eigenvalue weighted by molar-refractivity contribution is 6.05. The number of amides is 3. The van der Waals surface area contributed by atoms with Crippen molar-refractivity contribution in [3.05, 3.63) is 82.2 Å². The summed E-state index contributed by atoms with van der Waals surface area (Å²) in [4.78, 5) is 71.8. The van der Waals surface area contributed by atoms with E-state index in [4.69, 9.17) is 57.6 Å². The van der Waals surface area contributed by atoms with E-state index in [0.717, 1.165) is 12.8 Å². The number of carbonyl (C=O) groups is 4.